The topological polar surface area (TPSA) is 62.2 Å². The van der Waals surface area contributed by atoms with E-state index in [9.17, 15) is 9.90 Å². The molecule has 1 N–H and O–H groups in total. The van der Waals surface area contributed by atoms with Gasteiger partial charge in [-0.1, -0.05) is 18.9 Å². The van der Waals surface area contributed by atoms with Crippen molar-refractivity contribution < 1.29 is 19.4 Å². The Morgan fingerprint density at radius 3 is 2.55 bits per heavy atom. The van der Waals surface area contributed by atoms with E-state index in [1.54, 1.807) is 14.2 Å². The van der Waals surface area contributed by atoms with Crippen molar-refractivity contribution >= 4 is 5.91 Å². The summed E-state index contributed by atoms with van der Waals surface area (Å²) in [7, 11) is 3.28. The first-order valence-corrected chi connectivity index (χ1v) is 11.0. The lowest BCUT2D eigenvalue weighted by Gasteiger charge is -2.52. The Kier molecular flexibility index (Phi) is 6.02. The van der Waals surface area contributed by atoms with E-state index < -0.39 is 5.60 Å². The van der Waals surface area contributed by atoms with Crippen molar-refractivity contribution in [2.24, 2.45) is 5.92 Å². The minimum atomic E-state index is -0.636. The minimum Gasteiger partial charge on any atom is -0.493 e. The monoisotopic (exact) mass is 402 g/mol. The maximum atomic E-state index is 12.9. The predicted octanol–water partition coefficient (Wildman–Crippen LogP) is 2.99. The average molecular weight is 403 g/mol. The Bertz CT molecular complexity index is 734. The fourth-order valence-electron chi connectivity index (χ4n) is 5.64. The van der Waals surface area contributed by atoms with Crippen LogP contribution in [-0.2, 0) is 4.79 Å². The number of fused-ring (bicyclic) bond motifs is 1. The van der Waals surface area contributed by atoms with E-state index >= 15 is 0 Å². The molecule has 1 aromatic carbocycles. The molecule has 1 aromatic rings. The van der Waals surface area contributed by atoms with Crippen molar-refractivity contribution in [3.8, 4) is 11.5 Å². The van der Waals surface area contributed by atoms with Gasteiger partial charge in [0.15, 0.2) is 11.5 Å². The fraction of sp³-hybridized carbons (Fsp3) is 0.696. The Hall–Kier alpha value is -1.79. The predicted molar refractivity (Wildman–Crippen MR) is 111 cm³/mol. The fourth-order valence-corrected chi connectivity index (χ4v) is 5.64. The van der Waals surface area contributed by atoms with Gasteiger partial charge in [0.05, 0.1) is 26.4 Å². The van der Waals surface area contributed by atoms with Gasteiger partial charge in [0.2, 0.25) is 5.91 Å². The molecule has 3 unspecified atom stereocenters. The molecular weight excluding hydrogens is 368 g/mol. The van der Waals surface area contributed by atoms with Crippen LogP contribution in [0.2, 0.25) is 0 Å². The highest BCUT2D eigenvalue weighted by Crippen LogP contribution is 2.50. The van der Waals surface area contributed by atoms with E-state index in [2.05, 4.69) is 11.0 Å². The van der Waals surface area contributed by atoms with Gasteiger partial charge >= 0.3 is 0 Å². The third-order valence-corrected chi connectivity index (χ3v) is 7.22. The van der Waals surface area contributed by atoms with Crippen molar-refractivity contribution in [2.75, 3.05) is 40.4 Å². The van der Waals surface area contributed by atoms with Crippen molar-refractivity contribution in [1.82, 2.24) is 9.80 Å². The van der Waals surface area contributed by atoms with Gasteiger partial charge in [-0.25, -0.2) is 0 Å². The second-order valence-electron chi connectivity index (χ2n) is 8.82. The summed E-state index contributed by atoms with van der Waals surface area (Å²) in [6.45, 7) is 2.92. The van der Waals surface area contributed by atoms with E-state index in [0.717, 1.165) is 70.1 Å². The number of nitrogens with zero attached hydrogens (tertiary/aromatic N) is 2. The zero-order valence-electron chi connectivity index (χ0n) is 17.7. The maximum absolute atomic E-state index is 12.9. The largest absolute Gasteiger partial charge is 0.493 e. The highest BCUT2D eigenvalue weighted by Gasteiger charge is 2.49. The van der Waals surface area contributed by atoms with Crippen molar-refractivity contribution in [3.05, 3.63) is 23.8 Å². The molecule has 3 fully saturated rings. The molecule has 29 heavy (non-hydrogen) atoms. The number of likely N-dealkylation sites (tertiary alicyclic amines) is 2. The lowest BCUT2D eigenvalue weighted by molar-refractivity contribution is -0.144. The molecular formula is C23H34N2O4. The van der Waals surface area contributed by atoms with Crippen LogP contribution < -0.4 is 9.47 Å². The number of hydrogen-bond acceptors (Lipinski definition) is 5. The Balaban J connectivity index is 1.65. The quantitative estimate of drug-likeness (QED) is 0.820. The van der Waals surface area contributed by atoms with Gasteiger partial charge < -0.3 is 19.5 Å². The summed E-state index contributed by atoms with van der Waals surface area (Å²) < 4.78 is 11.0. The molecule has 0 radical (unpaired) electrons. The maximum Gasteiger partial charge on any atom is 0.236 e. The molecule has 2 saturated heterocycles. The van der Waals surface area contributed by atoms with Gasteiger partial charge in [0, 0.05) is 31.6 Å². The molecule has 3 atom stereocenters. The van der Waals surface area contributed by atoms with Crippen LogP contribution in [0.1, 0.15) is 56.6 Å². The highest BCUT2D eigenvalue weighted by molar-refractivity contribution is 5.78. The molecule has 0 spiro atoms. The summed E-state index contributed by atoms with van der Waals surface area (Å²) in [6, 6.07) is 6.04. The highest BCUT2D eigenvalue weighted by atomic mass is 16.5. The lowest BCUT2D eigenvalue weighted by atomic mass is 9.66. The average Bonchev–Trinajstić information content (AvgIpc) is 3.28. The summed E-state index contributed by atoms with van der Waals surface area (Å²) in [5.74, 6) is 1.75. The molecule has 160 valence electrons. The van der Waals surface area contributed by atoms with E-state index in [1.807, 2.05) is 17.0 Å². The number of piperidine rings is 1. The molecule has 2 aliphatic heterocycles. The second kappa shape index (κ2) is 8.52. The molecule has 1 saturated carbocycles. The van der Waals surface area contributed by atoms with Crippen molar-refractivity contribution in [2.45, 2.75) is 56.6 Å². The Morgan fingerprint density at radius 1 is 1.07 bits per heavy atom. The van der Waals surface area contributed by atoms with Gasteiger partial charge in [0.1, 0.15) is 0 Å². The minimum absolute atomic E-state index is 0.0143. The van der Waals surface area contributed by atoms with Gasteiger partial charge in [-0.2, -0.15) is 0 Å². The van der Waals surface area contributed by atoms with Gasteiger partial charge in [-0.05, 0) is 49.8 Å². The number of ether oxygens (including phenoxy) is 2. The zero-order chi connectivity index (χ0) is 20.4. The first kappa shape index (κ1) is 20.5. The van der Waals surface area contributed by atoms with Crippen LogP contribution >= 0.6 is 0 Å². The van der Waals surface area contributed by atoms with Gasteiger partial charge in [-0.15, -0.1) is 0 Å². The summed E-state index contributed by atoms with van der Waals surface area (Å²) in [6.07, 6.45) is 7.01. The van der Waals surface area contributed by atoms with Crippen LogP contribution in [-0.4, -0.2) is 66.8 Å². The molecule has 6 heteroatoms. The number of carbonyl (C=O) groups is 1. The van der Waals surface area contributed by atoms with E-state index in [0.29, 0.717) is 18.0 Å². The summed E-state index contributed by atoms with van der Waals surface area (Å²) in [4.78, 5) is 17.2. The first-order valence-electron chi connectivity index (χ1n) is 11.0. The van der Waals surface area contributed by atoms with Crippen LogP contribution in [0.4, 0.5) is 0 Å². The molecule has 2 heterocycles. The second-order valence-corrected chi connectivity index (χ2v) is 8.82. The first-order chi connectivity index (χ1) is 14.1. The molecule has 0 bridgehead atoms. The summed E-state index contributed by atoms with van der Waals surface area (Å²) in [5, 5.41) is 11.4. The smallest absolute Gasteiger partial charge is 0.236 e. The number of carbonyl (C=O) groups excluding carboxylic acids is 1. The number of benzene rings is 1. The van der Waals surface area contributed by atoms with Crippen LogP contribution in [0.25, 0.3) is 0 Å². The number of hydrogen-bond donors (Lipinski definition) is 1. The Labute approximate surface area is 173 Å². The van der Waals surface area contributed by atoms with Crippen LogP contribution in [0.3, 0.4) is 0 Å². The molecule has 0 aromatic heterocycles. The van der Waals surface area contributed by atoms with E-state index in [4.69, 9.17) is 9.47 Å². The van der Waals surface area contributed by atoms with Gasteiger partial charge in [0.25, 0.3) is 0 Å². The zero-order valence-corrected chi connectivity index (χ0v) is 17.7. The van der Waals surface area contributed by atoms with E-state index in [-0.39, 0.29) is 17.9 Å². The number of rotatable bonds is 5. The molecule has 6 nitrogen and oxygen atoms in total. The molecule has 4 rings (SSSR count). The van der Waals surface area contributed by atoms with Crippen molar-refractivity contribution in [3.63, 3.8) is 0 Å². The van der Waals surface area contributed by atoms with Crippen molar-refractivity contribution in [1.29, 1.82) is 0 Å². The summed E-state index contributed by atoms with van der Waals surface area (Å²) in [5.41, 5.74) is 0.463. The molecule has 3 aliphatic rings. The third kappa shape index (κ3) is 3.97. The number of amides is 1. The standard InChI is InChI=1S/C23H34N2O4/c1-28-19-9-8-17(15-20(19)29-2)22-18-7-3-4-10-23(18,27)11-14-25(22)16-21(26)24-12-5-6-13-24/h8-9,15,18,22,27H,3-7,10-14,16H2,1-2H3. The van der Waals surface area contributed by atoms with Crippen LogP contribution in [0.5, 0.6) is 11.5 Å². The lowest BCUT2D eigenvalue weighted by Crippen LogP contribution is -2.56. The molecule has 1 aliphatic carbocycles. The SMILES string of the molecule is COc1ccc(C2C3CCCCC3(O)CCN2CC(=O)N2CCCC2)cc1OC. The van der Waals surface area contributed by atoms with Crippen LogP contribution in [0, 0.1) is 5.92 Å². The summed E-state index contributed by atoms with van der Waals surface area (Å²) >= 11 is 0. The number of aliphatic hydroxyl groups is 1. The Morgan fingerprint density at radius 2 is 1.83 bits per heavy atom. The van der Waals surface area contributed by atoms with E-state index in [1.165, 1.54) is 0 Å². The third-order valence-electron chi connectivity index (χ3n) is 7.22. The number of methoxy groups -OCH3 is 2. The van der Waals surface area contributed by atoms with Crippen LogP contribution in [0.15, 0.2) is 18.2 Å². The normalized spacial score (nSPS) is 30.1. The molecule has 1 amide bonds. The van der Waals surface area contributed by atoms with Gasteiger partial charge in [-0.3, -0.25) is 9.69 Å².